The van der Waals surface area contributed by atoms with Crippen molar-refractivity contribution in [2.45, 2.75) is 25.6 Å². The van der Waals surface area contributed by atoms with Gasteiger partial charge in [0.2, 0.25) is 0 Å². The Morgan fingerprint density at radius 1 is 1.41 bits per heavy atom. The van der Waals surface area contributed by atoms with E-state index in [1.54, 1.807) is 6.07 Å². The summed E-state index contributed by atoms with van der Waals surface area (Å²) in [4.78, 5) is 22.7. The van der Waals surface area contributed by atoms with Crippen molar-refractivity contribution in [2.75, 3.05) is 0 Å². The summed E-state index contributed by atoms with van der Waals surface area (Å²) >= 11 is 0. The summed E-state index contributed by atoms with van der Waals surface area (Å²) in [7, 11) is 0. The van der Waals surface area contributed by atoms with Crippen molar-refractivity contribution in [3.63, 3.8) is 0 Å². The molecule has 3 rings (SSSR count). The summed E-state index contributed by atoms with van der Waals surface area (Å²) in [5, 5.41) is 9.71. The number of fused-ring (bicyclic) bond motifs is 3. The van der Waals surface area contributed by atoms with Crippen molar-refractivity contribution in [3.8, 4) is 11.5 Å². The highest BCUT2D eigenvalue weighted by atomic mass is 16.6. The maximum Gasteiger partial charge on any atom is 0.310 e. The van der Waals surface area contributed by atoms with Crippen LogP contribution in [-0.4, -0.2) is 23.0 Å². The number of esters is 1. The Morgan fingerprint density at radius 3 is 2.88 bits per heavy atom. The minimum Gasteiger partial charge on any atom is -0.507 e. The number of Topliss-reactive ketones (excluding diaryl/α,β-unsaturated/α-hetero) is 1. The first-order chi connectivity index (χ1) is 8.08. The lowest BCUT2D eigenvalue weighted by molar-refractivity contribution is -0.141. The lowest BCUT2D eigenvalue weighted by atomic mass is 9.97. The molecule has 0 saturated carbocycles. The first kappa shape index (κ1) is 10.1. The van der Waals surface area contributed by atoms with Gasteiger partial charge < -0.3 is 14.6 Å². The fourth-order valence-electron chi connectivity index (χ4n) is 2.39. The Balaban J connectivity index is 2.18. The second-order valence-corrected chi connectivity index (χ2v) is 4.20. The molecular weight excluding hydrogens is 224 g/mol. The zero-order valence-electron chi connectivity index (χ0n) is 9.10. The largest absolute Gasteiger partial charge is 0.507 e. The van der Waals surface area contributed by atoms with E-state index in [0.717, 1.165) is 0 Å². The number of benzene rings is 1. The normalized spacial score (nSPS) is 24.9. The van der Waals surface area contributed by atoms with Crippen LogP contribution in [-0.2, 0) is 9.53 Å². The smallest absolute Gasteiger partial charge is 0.310 e. The average molecular weight is 234 g/mol. The molecule has 2 aliphatic heterocycles. The van der Waals surface area contributed by atoms with Gasteiger partial charge in [-0.15, -0.1) is 0 Å². The van der Waals surface area contributed by atoms with Crippen LogP contribution in [0, 0.1) is 0 Å². The fourth-order valence-corrected chi connectivity index (χ4v) is 2.39. The van der Waals surface area contributed by atoms with E-state index in [4.69, 9.17) is 9.47 Å². The van der Waals surface area contributed by atoms with Gasteiger partial charge >= 0.3 is 5.97 Å². The number of phenols is 1. The first-order valence-corrected chi connectivity index (χ1v) is 5.31. The number of aromatic hydroxyl groups is 1. The third-order valence-electron chi connectivity index (χ3n) is 3.06. The minimum atomic E-state index is -0.566. The summed E-state index contributed by atoms with van der Waals surface area (Å²) < 4.78 is 10.7. The Bertz CT molecular complexity index is 534. The molecule has 2 heterocycles. The summed E-state index contributed by atoms with van der Waals surface area (Å²) in [6, 6.07) is 3.00. The average Bonchev–Trinajstić information content (AvgIpc) is 2.74. The van der Waals surface area contributed by atoms with E-state index < -0.39 is 6.10 Å². The third kappa shape index (κ3) is 1.32. The highest BCUT2D eigenvalue weighted by Crippen LogP contribution is 2.47. The van der Waals surface area contributed by atoms with Crippen LogP contribution in [0.4, 0.5) is 0 Å². The van der Waals surface area contributed by atoms with Gasteiger partial charge in [0, 0.05) is 0 Å². The van der Waals surface area contributed by atoms with Gasteiger partial charge in [-0.2, -0.15) is 0 Å². The minimum absolute atomic E-state index is 0.108. The number of rotatable bonds is 1. The molecule has 1 aromatic rings. The highest BCUT2D eigenvalue weighted by molar-refractivity contribution is 5.99. The molecule has 5 heteroatoms. The molecule has 2 unspecified atom stereocenters. The van der Waals surface area contributed by atoms with Gasteiger partial charge in [-0.3, -0.25) is 9.59 Å². The molecule has 2 aliphatic rings. The Morgan fingerprint density at radius 2 is 2.18 bits per heavy atom. The maximum absolute atomic E-state index is 11.5. The number of carbonyl (C=O) groups excluding carboxylic acids is 2. The van der Waals surface area contributed by atoms with Gasteiger partial charge in [-0.25, -0.2) is 0 Å². The Labute approximate surface area is 97.0 Å². The quantitative estimate of drug-likeness (QED) is 0.586. The van der Waals surface area contributed by atoms with E-state index in [1.165, 1.54) is 13.0 Å². The van der Waals surface area contributed by atoms with E-state index in [0.29, 0.717) is 11.3 Å². The molecule has 1 saturated heterocycles. The molecule has 1 aromatic carbocycles. The van der Waals surface area contributed by atoms with E-state index in [9.17, 15) is 14.7 Å². The van der Waals surface area contributed by atoms with Crippen LogP contribution >= 0.6 is 0 Å². The molecule has 0 aromatic heterocycles. The number of ether oxygens (including phenoxy) is 2. The molecule has 0 spiro atoms. The predicted molar refractivity (Wildman–Crippen MR) is 56.0 cm³/mol. The van der Waals surface area contributed by atoms with Gasteiger partial charge in [0.05, 0.1) is 17.5 Å². The Kier molecular flexibility index (Phi) is 1.92. The lowest BCUT2D eigenvalue weighted by Gasteiger charge is -2.10. The number of hydrogen-bond acceptors (Lipinski definition) is 5. The van der Waals surface area contributed by atoms with Crippen LogP contribution in [0.25, 0.3) is 0 Å². The van der Waals surface area contributed by atoms with Crippen molar-refractivity contribution >= 4 is 11.8 Å². The lowest BCUT2D eigenvalue weighted by Crippen LogP contribution is -2.12. The van der Waals surface area contributed by atoms with Crippen LogP contribution in [0.5, 0.6) is 11.5 Å². The van der Waals surface area contributed by atoms with Crippen molar-refractivity contribution in [3.05, 3.63) is 23.3 Å². The molecule has 0 bridgehead atoms. The van der Waals surface area contributed by atoms with Gasteiger partial charge in [0.15, 0.2) is 18.0 Å². The predicted octanol–water partition coefficient (Wildman–Crippen LogP) is 1.34. The van der Waals surface area contributed by atoms with E-state index >= 15 is 0 Å². The zero-order chi connectivity index (χ0) is 12.2. The van der Waals surface area contributed by atoms with Gasteiger partial charge in [0.1, 0.15) is 11.5 Å². The monoisotopic (exact) mass is 234 g/mol. The molecule has 0 aliphatic carbocycles. The maximum atomic E-state index is 11.5. The van der Waals surface area contributed by atoms with Gasteiger partial charge in [0.25, 0.3) is 0 Å². The molecule has 17 heavy (non-hydrogen) atoms. The Hall–Kier alpha value is -2.04. The second-order valence-electron chi connectivity index (χ2n) is 4.20. The third-order valence-corrected chi connectivity index (χ3v) is 3.06. The zero-order valence-corrected chi connectivity index (χ0v) is 9.10. The fraction of sp³-hybridized carbons (Fsp3) is 0.333. The van der Waals surface area contributed by atoms with Crippen molar-refractivity contribution < 1.29 is 24.2 Å². The van der Waals surface area contributed by atoms with Gasteiger partial charge in [-0.05, 0) is 19.1 Å². The molecule has 5 nitrogen and oxygen atoms in total. The van der Waals surface area contributed by atoms with Crippen molar-refractivity contribution in [1.29, 1.82) is 0 Å². The standard InChI is InChI=1S/C12H10O5/c1-5(13)10-6(14)2-3-7-11(10)12-8(16-7)4-9(15)17-12/h2-3,8,12,14H,4H2,1H3. The van der Waals surface area contributed by atoms with Crippen LogP contribution < -0.4 is 4.74 Å². The SMILES string of the molecule is CC(=O)c1c(O)ccc2c1C1OC(=O)CC1O2. The summed E-state index contributed by atoms with van der Waals surface area (Å²) in [5.41, 5.74) is 0.679. The molecule has 0 radical (unpaired) electrons. The summed E-state index contributed by atoms with van der Waals surface area (Å²) in [5.74, 6) is -0.214. The first-order valence-electron chi connectivity index (χ1n) is 5.31. The molecule has 1 N–H and O–H groups in total. The van der Waals surface area contributed by atoms with Crippen LogP contribution in [0.2, 0.25) is 0 Å². The van der Waals surface area contributed by atoms with Crippen LogP contribution in [0.1, 0.15) is 35.4 Å². The highest BCUT2D eigenvalue weighted by Gasteiger charge is 2.46. The van der Waals surface area contributed by atoms with E-state index in [2.05, 4.69) is 0 Å². The number of ketones is 1. The van der Waals surface area contributed by atoms with E-state index in [1.807, 2.05) is 0 Å². The number of hydrogen-bond donors (Lipinski definition) is 1. The molecule has 2 atom stereocenters. The summed E-state index contributed by atoms with van der Waals surface area (Å²) in [6.45, 7) is 1.36. The number of carbonyl (C=O) groups is 2. The molecular formula is C12H10O5. The van der Waals surface area contributed by atoms with Crippen LogP contribution in [0.3, 0.4) is 0 Å². The van der Waals surface area contributed by atoms with Crippen molar-refractivity contribution in [2.24, 2.45) is 0 Å². The van der Waals surface area contributed by atoms with Crippen LogP contribution in [0.15, 0.2) is 12.1 Å². The van der Waals surface area contributed by atoms with Crippen molar-refractivity contribution in [1.82, 2.24) is 0 Å². The second kappa shape index (κ2) is 3.23. The van der Waals surface area contributed by atoms with E-state index in [-0.39, 0.29) is 35.6 Å². The van der Waals surface area contributed by atoms with Gasteiger partial charge in [-0.1, -0.05) is 0 Å². The molecule has 1 fully saturated rings. The topological polar surface area (TPSA) is 72.8 Å². The molecule has 0 amide bonds. The number of phenolic OH excluding ortho intramolecular Hbond substituents is 1. The molecule has 88 valence electrons. The summed E-state index contributed by atoms with van der Waals surface area (Å²) in [6.07, 6.45) is -0.766.